The van der Waals surface area contributed by atoms with Crippen molar-refractivity contribution in [3.8, 4) is 0 Å². The molecule has 0 saturated heterocycles. The van der Waals surface area contributed by atoms with Crippen molar-refractivity contribution in [2.75, 3.05) is 6.61 Å². The topological polar surface area (TPSA) is 40.5 Å². The van der Waals surface area contributed by atoms with Crippen LogP contribution in [0.4, 0.5) is 0 Å². The lowest BCUT2D eigenvalue weighted by molar-refractivity contribution is 0.206. The molecule has 2 nitrogen and oxygen atoms in total. The highest BCUT2D eigenvalue weighted by atomic mass is 16.3. The van der Waals surface area contributed by atoms with E-state index in [9.17, 15) is 5.11 Å². The number of rotatable bonds is 7. The standard InChI is InChI=1S/C10H20O2/c1-2-3-4-5-7-10(12)8-6-9-11/h6,8,10-12H,2-5,7,9H2,1H3/b8-6+/t10-/m0/s1. The number of hydrogen-bond donors (Lipinski definition) is 2. The molecule has 2 heteroatoms. The molecule has 1 atom stereocenters. The first-order valence-electron chi connectivity index (χ1n) is 4.76. The van der Waals surface area contributed by atoms with Gasteiger partial charge in [-0.1, -0.05) is 44.8 Å². The second-order valence-electron chi connectivity index (χ2n) is 3.03. The molecule has 0 aromatic rings. The maximum atomic E-state index is 9.28. The summed E-state index contributed by atoms with van der Waals surface area (Å²) in [5.41, 5.74) is 0. The third kappa shape index (κ3) is 7.76. The Morgan fingerprint density at radius 2 is 2.00 bits per heavy atom. The normalized spacial score (nSPS) is 13.9. The van der Waals surface area contributed by atoms with Crippen molar-refractivity contribution in [3.05, 3.63) is 12.2 Å². The Labute approximate surface area is 74.9 Å². The van der Waals surface area contributed by atoms with Crippen LogP contribution in [-0.2, 0) is 0 Å². The highest BCUT2D eigenvalue weighted by Crippen LogP contribution is 2.05. The molecule has 2 N–H and O–H groups in total. The maximum Gasteiger partial charge on any atom is 0.0721 e. The summed E-state index contributed by atoms with van der Waals surface area (Å²) in [6.07, 6.45) is 8.44. The summed E-state index contributed by atoms with van der Waals surface area (Å²) in [5, 5.41) is 17.7. The van der Waals surface area contributed by atoms with E-state index in [0.29, 0.717) is 0 Å². The molecule has 0 spiro atoms. The van der Waals surface area contributed by atoms with Crippen LogP contribution in [0.25, 0.3) is 0 Å². The summed E-state index contributed by atoms with van der Waals surface area (Å²) >= 11 is 0. The Morgan fingerprint density at radius 1 is 1.25 bits per heavy atom. The molecule has 0 heterocycles. The van der Waals surface area contributed by atoms with Gasteiger partial charge in [0.1, 0.15) is 0 Å². The van der Waals surface area contributed by atoms with E-state index in [2.05, 4.69) is 6.92 Å². The molecule has 72 valence electrons. The molecule has 0 radical (unpaired) electrons. The van der Waals surface area contributed by atoms with Gasteiger partial charge in [0.15, 0.2) is 0 Å². The zero-order valence-corrected chi connectivity index (χ0v) is 7.87. The quantitative estimate of drug-likeness (QED) is 0.454. The summed E-state index contributed by atoms with van der Waals surface area (Å²) in [4.78, 5) is 0. The second kappa shape index (κ2) is 8.75. The molecule has 0 aliphatic carbocycles. The zero-order valence-electron chi connectivity index (χ0n) is 7.87. The van der Waals surface area contributed by atoms with Crippen LogP contribution < -0.4 is 0 Å². The van der Waals surface area contributed by atoms with Crippen LogP contribution in [0.2, 0.25) is 0 Å². The highest BCUT2D eigenvalue weighted by Gasteiger charge is 1.97. The van der Waals surface area contributed by atoms with Crippen LogP contribution in [0.3, 0.4) is 0 Å². The Hall–Kier alpha value is -0.340. The van der Waals surface area contributed by atoms with Crippen molar-refractivity contribution < 1.29 is 10.2 Å². The lowest BCUT2D eigenvalue weighted by Gasteiger charge is -2.03. The number of unbranched alkanes of at least 4 members (excludes halogenated alkanes) is 3. The van der Waals surface area contributed by atoms with Gasteiger partial charge in [0.25, 0.3) is 0 Å². The van der Waals surface area contributed by atoms with Gasteiger partial charge in [-0.05, 0) is 6.42 Å². The van der Waals surface area contributed by atoms with Gasteiger partial charge in [0.2, 0.25) is 0 Å². The molecule has 0 unspecified atom stereocenters. The molecular weight excluding hydrogens is 152 g/mol. The first-order valence-corrected chi connectivity index (χ1v) is 4.76. The molecule has 0 aliphatic heterocycles. The molecule has 0 aliphatic rings. The fourth-order valence-electron chi connectivity index (χ4n) is 1.09. The van der Waals surface area contributed by atoms with Gasteiger partial charge in [-0.15, -0.1) is 0 Å². The van der Waals surface area contributed by atoms with Crippen molar-refractivity contribution in [1.29, 1.82) is 0 Å². The van der Waals surface area contributed by atoms with E-state index in [1.807, 2.05) is 0 Å². The van der Waals surface area contributed by atoms with Crippen LogP contribution in [0.15, 0.2) is 12.2 Å². The molecule has 12 heavy (non-hydrogen) atoms. The fraction of sp³-hybridized carbons (Fsp3) is 0.800. The number of hydrogen-bond acceptors (Lipinski definition) is 2. The Kier molecular flexibility index (Phi) is 8.51. The summed E-state index contributed by atoms with van der Waals surface area (Å²) in [7, 11) is 0. The van der Waals surface area contributed by atoms with Gasteiger partial charge in [0.05, 0.1) is 12.7 Å². The lowest BCUT2D eigenvalue weighted by atomic mass is 10.1. The van der Waals surface area contributed by atoms with Crippen molar-refractivity contribution in [1.82, 2.24) is 0 Å². The monoisotopic (exact) mass is 172 g/mol. The average molecular weight is 172 g/mol. The van der Waals surface area contributed by atoms with Gasteiger partial charge in [-0.2, -0.15) is 0 Å². The van der Waals surface area contributed by atoms with E-state index in [0.717, 1.165) is 12.8 Å². The molecule has 0 amide bonds. The van der Waals surface area contributed by atoms with E-state index in [-0.39, 0.29) is 12.7 Å². The van der Waals surface area contributed by atoms with Gasteiger partial charge in [-0.25, -0.2) is 0 Å². The summed E-state index contributed by atoms with van der Waals surface area (Å²) in [5.74, 6) is 0. The Balaban J connectivity index is 3.19. The zero-order chi connectivity index (χ0) is 9.23. The van der Waals surface area contributed by atoms with Crippen LogP contribution in [0, 0.1) is 0 Å². The highest BCUT2D eigenvalue weighted by molar-refractivity contribution is 4.87. The predicted molar refractivity (Wildman–Crippen MR) is 51.0 cm³/mol. The van der Waals surface area contributed by atoms with Gasteiger partial charge >= 0.3 is 0 Å². The Morgan fingerprint density at radius 3 is 2.58 bits per heavy atom. The minimum atomic E-state index is -0.367. The van der Waals surface area contributed by atoms with E-state index >= 15 is 0 Å². The maximum absolute atomic E-state index is 9.28. The van der Waals surface area contributed by atoms with Crippen molar-refractivity contribution in [2.24, 2.45) is 0 Å². The lowest BCUT2D eigenvalue weighted by Crippen LogP contribution is -2.01. The second-order valence-corrected chi connectivity index (χ2v) is 3.03. The first kappa shape index (κ1) is 11.7. The molecule has 0 saturated carbocycles. The number of aliphatic hydroxyl groups is 2. The van der Waals surface area contributed by atoms with Crippen LogP contribution in [0.1, 0.15) is 39.0 Å². The predicted octanol–water partition coefficient (Wildman–Crippen LogP) is 1.87. The molecule has 0 aromatic carbocycles. The summed E-state index contributed by atoms with van der Waals surface area (Å²) < 4.78 is 0. The van der Waals surface area contributed by atoms with Crippen molar-refractivity contribution >= 4 is 0 Å². The third-order valence-corrected chi connectivity index (χ3v) is 1.82. The minimum Gasteiger partial charge on any atom is -0.392 e. The number of aliphatic hydroxyl groups excluding tert-OH is 2. The van der Waals surface area contributed by atoms with Crippen molar-refractivity contribution in [2.45, 2.75) is 45.1 Å². The van der Waals surface area contributed by atoms with Crippen molar-refractivity contribution in [3.63, 3.8) is 0 Å². The SMILES string of the molecule is CCCCCC[C@H](O)/C=C/CO. The third-order valence-electron chi connectivity index (χ3n) is 1.82. The largest absolute Gasteiger partial charge is 0.392 e. The van der Waals surface area contributed by atoms with Crippen LogP contribution in [0.5, 0.6) is 0 Å². The van der Waals surface area contributed by atoms with E-state index in [1.54, 1.807) is 12.2 Å². The van der Waals surface area contributed by atoms with Gasteiger partial charge in [0, 0.05) is 0 Å². The molecule has 0 fully saturated rings. The summed E-state index contributed by atoms with van der Waals surface area (Å²) in [6, 6.07) is 0. The van der Waals surface area contributed by atoms with Crippen LogP contribution in [-0.4, -0.2) is 22.9 Å². The molecule has 0 rings (SSSR count). The smallest absolute Gasteiger partial charge is 0.0721 e. The molecule has 0 bridgehead atoms. The van der Waals surface area contributed by atoms with E-state index in [4.69, 9.17) is 5.11 Å². The first-order chi connectivity index (χ1) is 5.81. The van der Waals surface area contributed by atoms with E-state index < -0.39 is 0 Å². The molecule has 0 aromatic heterocycles. The molecular formula is C10H20O2. The Bertz CT molecular complexity index is 110. The minimum absolute atomic E-state index is 0.0199. The fourth-order valence-corrected chi connectivity index (χ4v) is 1.09. The van der Waals surface area contributed by atoms with Gasteiger partial charge in [-0.3, -0.25) is 0 Å². The van der Waals surface area contributed by atoms with Gasteiger partial charge < -0.3 is 10.2 Å². The summed E-state index contributed by atoms with van der Waals surface area (Å²) in [6.45, 7) is 2.19. The van der Waals surface area contributed by atoms with Crippen LogP contribution >= 0.6 is 0 Å². The average Bonchev–Trinajstić information content (AvgIpc) is 2.09. The van der Waals surface area contributed by atoms with E-state index in [1.165, 1.54) is 19.3 Å².